The van der Waals surface area contributed by atoms with E-state index in [9.17, 15) is 4.39 Å². The van der Waals surface area contributed by atoms with Gasteiger partial charge in [0.05, 0.1) is 35.9 Å². The number of imidazole rings is 1. The summed E-state index contributed by atoms with van der Waals surface area (Å²) in [5.41, 5.74) is 3.30. The standard InChI is InChI=1S/C27H34FN9O.C2H6/c1-18(2)37-19(3)33-27-22(28)11-20(12-24(27)37)23-13-25(32-17-31-23)34-26-15-29-21(14-30-26)16-36-7-5-35(6-8-36)9-10-38-4;1-2/h11-15,17-18H,5-10,16H2,1-4H3,(H,30,31,32,34);1-2H3. The van der Waals surface area contributed by atoms with E-state index in [0.29, 0.717) is 28.4 Å². The molecule has 0 aliphatic carbocycles. The van der Waals surface area contributed by atoms with Gasteiger partial charge in [-0.2, -0.15) is 0 Å². The van der Waals surface area contributed by atoms with E-state index in [0.717, 1.165) is 62.9 Å². The number of hydrogen-bond donors (Lipinski definition) is 1. The van der Waals surface area contributed by atoms with E-state index >= 15 is 0 Å². The van der Waals surface area contributed by atoms with Crippen molar-refractivity contribution < 1.29 is 9.13 Å². The Bertz CT molecular complexity index is 1380. The molecule has 40 heavy (non-hydrogen) atoms. The quantitative estimate of drug-likeness (QED) is 0.314. The summed E-state index contributed by atoms with van der Waals surface area (Å²) in [6.45, 7) is 16.6. The van der Waals surface area contributed by atoms with Gasteiger partial charge < -0.3 is 14.6 Å². The number of anilines is 2. The predicted molar refractivity (Wildman–Crippen MR) is 156 cm³/mol. The molecule has 1 aromatic carbocycles. The zero-order valence-corrected chi connectivity index (χ0v) is 24.4. The molecule has 0 spiro atoms. The van der Waals surface area contributed by atoms with Crippen molar-refractivity contribution in [2.45, 2.75) is 47.2 Å². The minimum Gasteiger partial charge on any atom is -0.383 e. The maximum absolute atomic E-state index is 14.9. The Morgan fingerprint density at radius 1 is 0.950 bits per heavy atom. The number of hydrogen-bond acceptors (Lipinski definition) is 9. The van der Waals surface area contributed by atoms with Crippen molar-refractivity contribution in [1.29, 1.82) is 0 Å². The van der Waals surface area contributed by atoms with Crippen molar-refractivity contribution in [3.05, 3.63) is 54.3 Å². The highest BCUT2D eigenvalue weighted by Gasteiger charge is 2.18. The predicted octanol–water partition coefficient (Wildman–Crippen LogP) is 4.85. The molecular weight excluding hydrogens is 509 g/mol. The first-order valence-electron chi connectivity index (χ1n) is 13.9. The van der Waals surface area contributed by atoms with Crippen molar-refractivity contribution in [3.8, 4) is 11.3 Å². The maximum atomic E-state index is 14.9. The summed E-state index contributed by atoms with van der Waals surface area (Å²) in [5.74, 6) is 1.55. The Balaban J connectivity index is 0.00000181. The Labute approximate surface area is 235 Å². The topological polar surface area (TPSA) is 97.1 Å². The summed E-state index contributed by atoms with van der Waals surface area (Å²) in [4.78, 5) is 27.0. The van der Waals surface area contributed by atoms with Gasteiger partial charge in [0.15, 0.2) is 5.82 Å². The lowest BCUT2D eigenvalue weighted by atomic mass is 10.1. The fourth-order valence-corrected chi connectivity index (χ4v) is 4.90. The highest BCUT2D eigenvalue weighted by molar-refractivity contribution is 5.83. The number of nitrogens with zero attached hydrogens (tertiary/aromatic N) is 8. The maximum Gasteiger partial charge on any atom is 0.151 e. The number of piperazine rings is 1. The van der Waals surface area contributed by atoms with E-state index in [4.69, 9.17) is 4.74 Å². The molecule has 4 heterocycles. The normalized spacial score (nSPS) is 14.4. The van der Waals surface area contributed by atoms with Crippen LogP contribution in [0.2, 0.25) is 0 Å². The van der Waals surface area contributed by atoms with Crippen LogP contribution in [0, 0.1) is 12.7 Å². The second kappa shape index (κ2) is 13.7. The fourth-order valence-electron chi connectivity index (χ4n) is 4.90. The lowest BCUT2D eigenvalue weighted by Gasteiger charge is -2.34. The molecule has 3 aromatic heterocycles. The van der Waals surface area contributed by atoms with Gasteiger partial charge >= 0.3 is 0 Å². The van der Waals surface area contributed by atoms with E-state index in [2.05, 4.69) is 53.9 Å². The number of fused-ring (bicyclic) bond motifs is 1. The highest BCUT2D eigenvalue weighted by atomic mass is 19.1. The molecule has 1 N–H and O–H groups in total. The second-order valence-electron chi connectivity index (χ2n) is 9.87. The zero-order valence-electron chi connectivity index (χ0n) is 24.4. The largest absolute Gasteiger partial charge is 0.383 e. The average molecular weight is 550 g/mol. The third-order valence-electron chi connectivity index (χ3n) is 6.83. The Kier molecular flexibility index (Phi) is 10.1. The first-order valence-corrected chi connectivity index (χ1v) is 13.9. The number of benzene rings is 1. The molecular formula is C29H40FN9O. The van der Waals surface area contributed by atoms with Gasteiger partial charge in [-0.3, -0.25) is 14.8 Å². The Morgan fingerprint density at radius 3 is 2.38 bits per heavy atom. The van der Waals surface area contributed by atoms with Crippen LogP contribution < -0.4 is 5.32 Å². The number of nitrogens with one attached hydrogen (secondary N) is 1. The number of halogens is 1. The van der Waals surface area contributed by atoms with Gasteiger partial charge in [-0.1, -0.05) is 13.8 Å². The van der Waals surface area contributed by atoms with Crippen molar-refractivity contribution >= 4 is 22.7 Å². The third-order valence-corrected chi connectivity index (χ3v) is 6.83. The number of rotatable bonds is 9. The summed E-state index contributed by atoms with van der Waals surface area (Å²) in [5, 5.41) is 3.19. The number of aryl methyl sites for hydroxylation is 1. The first-order chi connectivity index (χ1) is 19.4. The second-order valence-corrected chi connectivity index (χ2v) is 9.87. The lowest BCUT2D eigenvalue weighted by molar-refractivity contribution is 0.0932. The van der Waals surface area contributed by atoms with Crippen molar-refractivity contribution in [2.75, 3.05) is 51.8 Å². The summed E-state index contributed by atoms with van der Waals surface area (Å²) < 4.78 is 22.2. The molecule has 0 saturated carbocycles. The Morgan fingerprint density at radius 2 is 1.70 bits per heavy atom. The molecule has 1 fully saturated rings. The van der Waals surface area contributed by atoms with Gasteiger partial charge in [0, 0.05) is 64.0 Å². The number of ether oxygens (including phenoxy) is 1. The molecule has 214 valence electrons. The van der Waals surface area contributed by atoms with Gasteiger partial charge in [-0.25, -0.2) is 24.3 Å². The van der Waals surface area contributed by atoms with Crippen LogP contribution in [0.25, 0.3) is 22.3 Å². The van der Waals surface area contributed by atoms with Crippen LogP contribution in [0.4, 0.5) is 16.0 Å². The van der Waals surface area contributed by atoms with Crippen LogP contribution in [0.1, 0.15) is 45.3 Å². The van der Waals surface area contributed by atoms with E-state index in [1.165, 1.54) is 12.4 Å². The molecule has 10 nitrogen and oxygen atoms in total. The smallest absolute Gasteiger partial charge is 0.151 e. The molecule has 1 saturated heterocycles. The van der Waals surface area contributed by atoms with Gasteiger partial charge in [-0.15, -0.1) is 0 Å². The van der Waals surface area contributed by atoms with Crippen LogP contribution in [0.15, 0.2) is 36.9 Å². The number of aromatic nitrogens is 6. The lowest BCUT2D eigenvalue weighted by Crippen LogP contribution is -2.46. The van der Waals surface area contributed by atoms with E-state index in [-0.39, 0.29) is 11.9 Å². The molecule has 11 heteroatoms. The summed E-state index contributed by atoms with van der Waals surface area (Å²) >= 11 is 0. The van der Waals surface area contributed by atoms with Crippen LogP contribution in [-0.4, -0.2) is 85.7 Å². The molecule has 0 amide bonds. The first kappa shape index (κ1) is 29.4. The summed E-state index contributed by atoms with van der Waals surface area (Å²) in [7, 11) is 1.74. The van der Waals surface area contributed by atoms with Crippen LogP contribution in [-0.2, 0) is 11.3 Å². The van der Waals surface area contributed by atoms with Crippen LogP contribution in [0.3, 0.4) is 0 Å². The van der Waals surface area contributed by atoms with Crippen molar-refractivity contribution in [2.24, 2.45) is 0 Å². The summed E-state index contributed by atoms with van der Waals surface area (Å²) in [6.07, 6.45) is 4.96. The van der Waals surface area contributed by atoms with Gasteiger partial charge in [0.2, 0.25) is 0 Å². The SMILES string of the molecule is CC.COCCN1CCN(Cc2cnc(Nc3cc(-c4cc(F)c5nc(C)n(C(C)C)c5c4)ncn3)cn2)CC1. The van der Waals surface area contributed by atoms with Gasteiger partial charge in [-0.05, 0) is 32.9 Å². The average Bonchev–Trinajstić information content (AvgIpc) is 3.31. The van der Waals surface area contributed by atoms with Crippen molar-refractivity contribution in [1.82, 2.24) is 39.3 Å². The minimum atomic E-state index is -0.369. The molecule has 1 aliphatic rings. The van der Waals surface area contributed by atoms with E-state index < -0.39 is 0 Å². The highest BCUT2D eigenvalue weighted by Crippen LogP contribution is 2.29. The molecule has 4 aromatic rings. The summed E-state index contributed by atoms with van der Waals surface area (Å²) in [6, 6.07) is 5.33. The molecule has 0 unspecified atom stereocenters. The Hall–Kier alpha value is -3.54. The monoisotopic (exact) mass is 549 g/mol. The van der Waals surface area contributed by atoms with E-state index in [1.54, 1.807) is 25.6 Å². The van der Waals surface area contributed by atoms with Crippen LogP contribution in [0.5, 0.6) is 0 Å². The molecule has 1 aliphatic heterocycles. The molecule has 0 atom stereocenters. The third kappa shape index (κ3) is 6.96. The fraction of sp³-hybridized carbons (Fsp3) is 0.483. The van der Waals surface area contributed by atoms with Gasteiger partial charge in [0.1, 0.15) is 29.3 Å². The van der Waals surface area contributed by atoms with E-state index in [1.807, 2.05) is 31.4 Å². The number of methoxy groups -OCH3 is 1. The molecule has 5 rings (SSSR count). The van der Waals surface area contributed by atoms with Crippen molar-refractivity contribution in [3.63, 3.8) is 0 Å². The minimum absolute atomic E-state index is 0.157. The molecule has 0 radical (unpaired) electrons. The zero-order chi connectivity index (χ0) is 28.6. The van der Waals surface area contributed by atoms with Crippen LogP contribution >= 0.6 is 0 Å². The molecule has 0 bridgehead atoms. The van der Waals surface area contributed by atoms with Gasteiger partial charge in [0.25, 0.3) is 0 Å².